The van der Waals surface area contributed by atoms with Crippen molar-refractivity contribution in [3.05, 3.63) is 42.7 Å². The molecule has 1 aromatic carbocycles. The first kappa shape index (κ1) is 11.9. The molecule has 6 heteroatoms. The summed E-state index contributed by atoms with van der Waals surface area (Å²) < 4.78 is 7.46. The predicted octanol–water partition coefficient (Wildman–Crippen LogP) is 2.67. The maximum atomic E-state index is 5.47. The summed E-state index contributed by atoms with van der Waals surface area (Å²) >= 11 is 0. The van der Waals surface area contributed by atoms with E-state index < -0.39 is 0 Å². The summed E-state index contributed by atoms with van der Waals surface area (Å²) in [5.74, 6) is 1.64. The van der Waals surface area contributed by atoms with E-state index in [1.54, 1.807) is 6.20 Å². The lowest BCUT2D eigenvalue weighted by Crippen LogP contribution is -1.94. The van der Waals surface area contributed by atoms with Crippen molar-refractivity contribution in [2.24, 2.45) is 0 Å². The molecule has 0 aliphatic carbocycles. The molecule has 0 saturated heterocycles. The monoisotopic (exact) mass is 279 g/mol. The number of hydrogen-bond donors (Lipinski definition) is 1. The van der Waals surface area contributed by atoms with E-state index in [0.717, 1.165) is 33.9 Å². The number of rotatable bonds is 3. The Morgan fingerprint density at radius 1 is 1.14 bits per heavy atom. The third-order valence-electron chi connectivity index (χ3n) is 3.37. The molecule has 0 spiro atoms. The molecule has 0 atom stereocenters. The van der Waals surface area contributed by atoms with Crippen LogP contribution in [-0.4, -0.2) is 31.2 Å². The van der Waals surface area contributed by atoms with E-state index in [4.69, 9.17) is 4.74 Å². The van der Waals surface area contributed by atoms with Gasteiger partial charge in [0.25, 0.3) is 0 Å². The molecule has 3 aromatic heterocycles. The van der Waals surface area contributed by atoms with Gasteiger partial charge in [0.05, 0.1) is 18.3 Å². The first-order valence-corrected chi connectivity index (χ1v) is 6.77. The minimum Gasteiger partial charge on any atom is -0.494 e. The molecule has 0 fully saturated rings. The normalized spacial score (nSPS) is 11.3. The number of nitrogens with zero attached hydrogens (tertiary/aromatic N) is 4. The Labute approximate surface area is 120 Å². The zero-order valence-electron chi connectivity index (χ0n) is 11.4. The Balaban J connectivity index is 1.91. The molecule has 0 aliphatic heterocycles. The van der Waals surface area contributed by atoms with Gasteiger partial charge in [0.15, 0.2) is 17.1 Å². The molecule has 0 radical (unpaired) electrons. The van der Waals surface area contributed by atoms with E-state index in [2.05, 4.69) is 20.2 Å². The van der Waals surface area contributed by atoms with Crippen LogP contribution in [0.25, 0.3) is 28.2 Å². The summed E-state index contributed by atoms with van der Waals surface area (Å²) in [5, 5.41) is 8.48. The molecule has 3 heterocycles. The summed E-state index contributed by atoms with van der Waals surface area (Å²) in [6, 6.07) is 9.82. The number of H-pyrrole nitrogens is 1. The smallest absolute Gasteiger partial charge is 0.180 e. The Kier molecular flexibility index (Phi) is 2.60. The molecule has 104 valence electrons. The van der Waals surface area contributed by atoms with Crippen molar-refractivity contribution >= 4 is 16.8 Å². The van der Waals surface area contributed by atoms with E-state index in [1.165, 1.54) is 0 Å². The van der Waals surface area contributed by atoms with Crippen LogP contribution in [0, 0.1) is 0 Å². The number of aromatic nitrogens is 5. The summed E-state index contributed by atoms with van der Waals surface area (Å²) in [7, 11) is 0. The molecule has 6 nitrogen and oxygen atoms in total. The fraction of sp³-hybridized carbons (Fsp3) is 0.133. The van der Waals surface area contributed by atoms with Crippen LogP contribution in [0.5, 0.6) is 5.75 Å². The van der Waals surface area contributed by atoms with E-state index in [-0.39, 0.29) is 0 Å². The lowest BCUT2D eigenvalue weighted by Gasteiger charge is -2.04. The van der Waals surface area contributed by atoms with E-state index in [9.17, 15) is 0 Å². The van der Waals surface area contributed by atoms with Crippen LogP contribution in [0.15, 0.2) is 42.7 Å². The third-order valence-corrected chi connectivity index (χ3v) is 3.37. The Morgan fingerprint density at radius 2 is 2.00 bits per heavy atom. The number of hydrogen-bond acceptors (Lipinski definition) is 4. The number of fused-ring (bicyclic) bond motifs is 3. The average Bonchev–Trinajstić information content (AvgIpc) is 3.14. The summed E-state index contributed by atoms with van der Waals surface area (Å²) in [5.41, 5.74) is 3.49. The van der Waals surface area contributed by atoms with Crippen molar-refractivity contribution in [1.29, 1.82) is 0 Å². The highest BCUT2D eigenvalue weighted by Gasteiger charge is 2.12. The van der Waals surface area contributed by atoms with E-state index in [1.807, 2.05) is 47.9 Å². The summed E-state index contributed by atoms with van der Waals surface area (Å²) in [4.78, 5) is 7.41. The molecule has 21 heavy (non-hydrogen) atoms. The Morgan fingerprint density at radius 3 is 2.81 bits per heavy atom. The zero-order valence-corrected chi connectivity index (χ0v) is 11.4. The highest BCUT2D eigenvalue weighted by Crippen LogP contribution is 2.24. The van der Waals surface area contributed by atoms with Gasteiger partial charge < -0.3 is 9.72 Å². The van der Waals surface area contributed by atoms with Gasteiger partial charge in [-0.3, -0.25) is 4.40 Å². The van der Waals surface area contributed by atoms with Gasteiger partial charge in [-0.05, 0) is 37.3 Å². The SMILES string of the molecule is CCOc1ccc(-c2nnc3cnc4[nH]ccc4n23)cc1. The molecule has 0 saturated carbocycles. The maximum Gasteiger partial charge on any atom is 0.180 e. The number of benzene rings is 1. The molecule has 4 aromatic rings. The van der Waals surface area contributed by atoms with Crippen LogP contribution in [0.4, 0.5) is 0 Å². The van der Waals surface area contributed by atoms with Crippen molar-refractivity contribution in [3.63, 3.8) is 0 Å². The second-order valence-corrected chi connectivity index (χ2v) is 4.64. The van der Waals surface area contributed by atoms with Crippen LogP contribution >= 0.6 is 0 Å². The van der Waals surface area contributed by atoms with Gasteiger partial charge in [-0.1, -0.05) is 0 Å². The fourth-order valence-electron chi connectivity index (χ4n) is 2.43. The standard InChI is InChI=1S/C15H13N5O/c1-2-21-11-5-3-10(4-6-11)15-19-18-13-9-17-14-12(20(13)15)7-8-16-14/h3-9,16H,2H2,1H3. The minimum absolute atomic E-state index is 0.656. The number of ether oxygens (including phenoxy) is 1. The van der Waals surface area contributed by atoms with Gasteiger partial charge in [-0.25, -0.2) is 4.98 Å². The molecular formula is C15H13N5O. The summed E-state index contributed by atoms with van der Waals surface area (Å²) in [6.45, 7) is 2.62. The largest absolute Gasteiger partial charge is 0.494 e. The first-order chi connectivity index (χ1) is 10.4. The van der Waals surface area contributed by atoms with Crippen LogP contribution in [-0.2, 0) is 0 Å². The fourth-order valence-corrected chi connectivity index (χ4v) is 2.43. The van der Waals surface area contributed by atoms with Crippen molar-refractivity contribution in [3.8, 4) is 17.1 Å². The highest BCUT2D eigenvalue weighted by atomic mass is 16.5. The lowest BCUT2D eigenvalue weighted by molar-refractivity contribution is 0.340. The summed E-state index contributed by atoms with van der Waals surface area (Å²) in [6.07, 6.45) is 3.57. The molecule has 1 N–H and O–H groups in total. The van der Waals surface area contributed by atoms with Crippen molar-refractivity contribution in [2.75, 3.05) is 6.61 Å². The molecule has 4 rings (SSSR count). The maximum absolute atomic E-state index is 5.47. The van der Waals surface area contributed by atoms with Crippen molar-refractivity contribution < 1.29 is 4.74 Å². The Bertz CT molecular complexity index is 907. The molecule has 0 bridgehead atoms. The van der Waals surface area contributed by atoms with Gasteiger partial charge in [0, 0.05) is 11.8 Å². The van der Waals surface area contributed by atoms with Gasteiger partial charge in [-0.2, -0.15) is 0 Å². The number of nitrogens with one attached hydrogen (secondary N) is 1. The molecule has 0 aliphatic rings. The quantitative estimate of drug-likeness (QED) is 0.626. The Hall–Kier alpha value is -2.89. The minimum atomic E-state index is 0.656. The number of aromatic amines is 1. The van der Waals surface area contributed by atoms with Gasteiger partial charge >= 0.3 is 0 Å². The van der Waals surface area contributed by atoms with E-state index >= 15 is 0 Å². The van der Waals surface area contributed by atoms with Crippen LogP contribution < -0.4 is 4.74 Å². The molecule has 0 unspecified atom stereocenters. The first-order valence-electron chi connectivity index (χ1n) is 6.77. The van der Waals surface area contributed by atoms with Crippen LogP contribution in [0.2, 0.25) is 0 Å². The van der Waals surface area contributed by atoms with Crippen LogP contribution in [0.3, 0.4) is 0 Å². The average molecular weight is 279 g/mol. The van der Waals surface area contributed by atoms with Crippen molar-refractivity contribution in [2.45, 2.75) is 6.92 Å². The highest BCUT2D eigenvalue weighted by molar-refractivity contribution is 5.77. The third kappa shape index (κ3) is 1.84. The van der Waals surface area contributed by atoms with Gasteiger partial charge in [-0.15, -0.1) is 10.2 Å². The van der Waals surface area contributed by atoms with Gasteiger partial charge in [0.1, 0.15) is 5.75 Å². The zero-order chi connectivity index (χ0) is 14.2. The van der Waals surface area contributed by atoms with E-state index in [0.29, 0.717) is 6.61 Å². The second-order valence-electron chi connectivity index (χ2n) is 4.64. The van der Waals surface area contributed by atoms with Crippen LogP contribution in [0.1, 0.15) is 6.92 Å². The van der Waals surface area contributed by atoms with Crippen molar-refractivity contribution in [1.82, 2.24) is 24.6 Å². The predicted molar refractivity (Wildman–Crippen MR) is 79.2 cm³/mol. The lowest BCUT2D eigenvalue weighted by atomic mass is 10.2. The van der Waals surface area contributed by atoms with Gasteiger partial charge in [0.2, 0.25) is 0 Å². The molecular weight excluding hydrogens is 266 g/mol. The molecule has 0 amide bonds. The topological polar surface area (TPSA) is 68.1 Å². The second kappa shape index (κ2) is 4.59.